The Kier molecular flexibility index (Phi) is 8.93. The third kappa shape index (κ3) is 7.97. The molecular weight excluding hydrogens is 256 g/mol. The van der Waals surface area contributed by atoms with Crippen LogP contribution >= 0.6 is 0 Å². The molecule has 116 valence electrons. The van der Waals surface area contributed by atoms with Crippen molar-refractivity contribution < 1.29 is 19.8 Å². The predicted molar refractivity (Wildman–Crippen MR) is 79.7 cm³/mol. The molecule has 0 aromatic carbocycles. The molecule has 0 fully saturated rings. The average molecular weight is 284 g/mol. The lowest BCUT2D eigenvalue weighted by Gasteiger charge is -2.11. The van der Waals surface area contributed by atoms with E-state index < -0.39 is 11.9 Å². The smallest absolute Gasteiger partial charge is 0.332 e. The Morgan fingerprint density at radius 2 is 1.05 bits per heavy atom. The molecule has 0 aliphatic rings. The fourth-order valence-electron chi connectivity index (χ4n) is 2.15. The normalized spacial score (nSPS) is 12.7. The van der Waals surface area contributed by atoms with Gasteiger partial charge in [-0.05, 0) is 37.5 Å². The first-order valence-electron chi connectivity index (χ1n) is 7.44. The Bertz CT molecular complexity index is 319. The first-order chi connectivity index (χ1) is 9.25. The monoisotopic (exact) mass is 284 g/mol. The maximum Gasteiger partial charge on any atom is 0.332 e. The molecule has 0 aromatic rings. The Morgan fingerprint density at radius 1 is 0.750 bits per heavy atom. The van der Waals surface area contributed by atoms with Gasteiger partial charge in [0, 0.05) is 11.1 Å². The van der Waals surface area contributed by atoms with Crippen LogP contribution < -0.4 is 0 Å². The second-order valence-electron chi connectivity index (χ2n) is 6.14. The lowest BCUT2D eigenvalue weighted by molar-refractivity contribution is -0.136. The van der Waals surface area contributed by atoms with E-state index in [1.807, 2.05) is 0 Å². The summed E-state index contributed by atoms with van der Waals surface area (Å²) in [6.07, 6.45) is 3.96. The zero-order valence-electron chi connectivity index (χ0n) is 13.1. The third-order valence-electron chi connectivity index (χ3n) is 3.30. The molecule has 0 saturated heterocycles. The van der Waals surface area contributed by atoms with Crippen LogP contribution in [0.3, 0.4) is 0 Å². The molecule has 4 nitrogen and oxygen atoms in total. The molecule has 0 rings (SSSR count). The van der Waals surface area contributed by atoms with Gasteiger partial charge in [-0.3, -0.25) is 0 Å². The summed E-state index contributed by atoms with van der Waals surface area (Å²) < 4.78 is 0. The summed E-state index contributed by atoms with van der Waals surface area (Å²) in [4.78, 5) is 22.6. The molecule has 0 atom stereocenters. The molecule has 0 radical (unpaired) electrons. The summed E-state index contributed by atoms with van der Waals surface area (Å²) in [5, 5.41) is 18.5. The highest BCUT2D eigenvalue weighted by Crippen LogP contribution is 2.21. The molecule has 0 aliphatic carbocycles. The van der Waals surface area contributed by atoms with Crippen LogP contribution in [-0.2, 0) is 9.59 Å². The lowest BCUT2D eigenvalue weighted by Crippen LogP contribution is -2.12. The largest absolute Gasteiger partial charge is 0.478 e. The van der Waals surface area contributed by atoms with Crippen LogP contribution in [0.25, 0.3) is 0 Å². The van der Waals surface area contributed by atoms with Crippen molar-refractivity contribution in [2.45, 2.75) is 66.2 Å². The van der Waals surface area contributed by atoms with Crippen molar-refractivity contribution in [3.63, 3.8) is 0 Å². The molecule has 0 amide bonds. The summed E-state index contributed by atoms with van der Waals surface area (Å²) in [7, 11) is 0. The van der Waals surface area contributed by atoms with Gasteiger partial charge in [0.05, 0.1) is 0 Å². The van der Waals surface area contributed by atoms with Gasteiger partial charge in [-0.15, -0.1) is 0 Å². The fourth-order valence-corrected chi connectivity index (χ4v) is 2.15. The van der Waals surface area contributed by atoms with E-state index in [1.165, 1.54) is 0 Å². The Labute approximate surface area is 121 Å². The van der Waals surface area contributed by atoms with Crippen molar-refractivity contribution in [2.75, 3.05) is 0 Å². The van der Waals surface area contributed by atoms with Crippen LogP contribution in [-0.4, -0.2) is 22.2 Å². The Balaban J connectivity index is 4.85. The van der Waals surface area contributed by atoms with Crippen LogP contribution in [0.1, 0.15) is 66.2 Å². The van der Waals surface area contributed by atoms with Crippen LogP contribution in [0.15, 0.2) is 11.1 Å². The minimum atomic E-state index is -1.09. The summed E-state index contributed by atoms with van der Waals surface area (Å²) >= 11 is 0. The topological polar surface area (TPSA) is 74.6 Å². The van der Waals surface area contributed by atoms with Crippen molar-refractivity contribution in [1.29, 1.82) is 0 Å². The van der Waals surface area contributed by atoms with Crippen LogP contribution in [0, 0.1) is 11.8 Å². The molecule has 0 aliphatic heterocycles. The standard InChI is InChI=1S/C16H28O4/c1-11(2)7-5-9-13(15(17)18)14(16(19)20)10-6-8-12(3)4/h11-12H,5-10H2,1-4H3,(H,17,18)(H,19,20)/b14-13-. The third-order valence-corrected chi connectivity index (χ3v) is 3.30. The van der Waals surface area contributed by atoms with Crippen LogP contribution in [0.4, 0.5) is 0 Å². The van der Waals surface area contributed by atoms with Gasteiger partial charge in [0.15, 0.2) is 0 Å². The minimum Gasteiger partial charge on any atom is -0.478 e. The number of hydrogen-bond acceptors (Lipinski definition) is 2. The van der Waals surface area contributed by atoms with E-state index in [-0.39, 0.29) is 11.1 Å². The number of hydrogen-bond donors (Lipinski definition) is 2. The predicted octanol–water partition coefficient (Wildman–Crippen LogP) is 4.10. The van der Waals surface area contributed by atoms with Crippen molar-refractivity contribution in [2.24, 2.45) is 11.8 Å². The van der Waals surface area contributed by atoms with Gasteiger partial charge in [0.25, 0.3) is 0 Å². The lowest BCUT2D eigenvalue weighted by atomic mass is 9.95. The molecule has 2 N–H and O–H groups in total. The number of carbonyl (C=O) groups is 2. The van der Waals surface area contributed by atoms with E-state index in [0.717, 1.165) is 25.7 Å². The zero-order valence-corrected chi connectivity index (χ0v) is 13.1. The molecule has 20 heavy (non-hydrogen) atoms. The number of carboxylic acid groups (broad SMARTS) is 2. The van der Waals surface area contributed by atoms with E-state index in [9.17, 15) is 19.8 Å². The molecule has 4 heteroatoms. The van der Waals surface area contributed by atoms with Gasteiger partial charge in [0.1, 0.15) is 0 Å². The maximum atomic E-state index is 11.3. The summed E-state index contributed by atoms with van der Waals surface area (Å²) in [5.74, 6) is -1.18. The van der Waals surface area contributed by atoms with Gasteiger partial charge in [-0.1, -0.05) is 40.5 Å². The van der Waals surface area contributed by atoms with Crippen molar-refractivity contribution in [3.8, 4) is 0 Å². The van der Waals surface area contributed by atoms with E-state index in [2.05, 4.69) is 27.7 Å². The van der Waals surface area contributed by atoms with E-state index in [0.29, 0.717) is 24.7 Å². The summed E-state index contributed by atoms with van der Waals surface area (Å²) in [6, 6.07) is 0. The molecule has 0 bridgehead atoms. The molecule has 0 aromatic heterocycles. The second-order valence-corrected chi connectivity index (χ2v) is 6.14. The second kappa shape index (κ2) is 9.56. The van der Waals surface area contributed by atoms with E-state index >= 15 is 0 Å². The summed E-state index contributed by atoms with van der Waals surface area (Å²) in [5.41, 5.74) is 0.170. The SMILES string of the molecule is CC(C)CCC/C(C(=O)O)=C(\CCCC(C)C)C(=O)O. The van der Waals surface area contributed by atoms with Gasteiger partial charge in [0.2, 0.25) is 0 Å². The van der Waals surface area contributed by atoms with Gasteiger partial charge >= 0.3 is 11.9 Å². The van der Waals surface area contributed by atoms with Crippen molar-refractivity contribution in [1.82, 2.24) is 0 Å². The molecule has 0 spiro atoms. The van der Waals surface area contributed by atoms with Gasteiger partial charge < -0.3 is 10.2 Å². The highest BCUT2D eigenvalue weighted by molar-refractivity contribution is 5.98. The van der Waals surface area contributed by atoms with E-state index in [4.69, 9.17) is 0 Å². The highest BCUT2D eigenvalue weighted by atomic mass is 16.4. The van der Waals surface area contributed by atoms with Crippen LogP contribution in [0.2, 0.25) is 0 Å². The summed E-state index contributed by atoms with van der Waals surface area (Å²) in [6.45, 7) is 8.30. The minimum absolute atomic E-state index is 0.0851. The fraction of sp³-hybridized carbons (Fsp3) is 0.750. The van der Waals surface area contributed by atoms with Crippen molar-refractivity contribution >= 4 is 11.9 Å². The van der Waals surface area contributed by atoms with Crippen molar-refractivity contribution in [3.05, 3.63) is 11.1 Å². The highest BCUT2D eigenvalue weighted by Gasteiger charge is 2.19. The Morgan fingerprint density at radius 3 is 1.25 bits per heavy atom. The molecular formula is C16H28O4. The quantitative estimate of drug-likeness (QED) is 0.592. The Hall–Kier alpha value is -1.32. The molecule has 0 unspecified atom stereocenters. The zero-order chi connectivity index (χ0) is 15.7. The number of carboxylic acids is 2. The first kappa shape index (κ1) is 18.7. The van der Waals surface area contributed by atoms with Gasteiger partial charge in [-0.2, -0.15) is 0 Å². The molecule has 0 heterocycles. The average Bonchev–Trinajstić information content (AvgIpc) is 2.29. The molecule has 0 saturated carbocycles. The number of rotatable bonds is 10. The number of aliphatic carboxylic acids is 2. The van der Waals surface area contributed by atoms with Gasteiger partial charge in [-0.25, -0.2) is 9.59 Å². The van der Waals surface area contributed by atoms with E-state index in [1.54, 1.807) is 0 Å². The maximum absolute atomic E-state index is 11.3. The first-order valence-corrected chi connectivity index (χ1v) is 7.44. The van der Waals surface area contributed by atoms with Crippen LogP contribution in [0.5, 0.6) is 0 Å².